The molecule has 3 rings (SSSR count). The molecule has 1 heterocycles. The van der Waals surface area contributed by atoms with Crippen molar-refractivity contribution in [2.45, 2.75) is 24.7 Å². The van der Waals surface area contributed by atoms with Crippen LogP contribution >= 0.6 is 0 Å². The van der Waals surface area contributed by atoms with Crippen molar-refractivity contribution in [3.8, 4) is 5.75 Å². The highest BCUT2D eigenvalue weighted by atomic mass is 16.5. The van der Waals surface area contributed by atoms with Crippen molar-refractivity contribution in [3.05, 3.63) is 29.3 Å². The zero-order valence-corrected chi connectivity index (χ0v) is 8.32. The second-order valence-corrected chi connectivity index (χ2v) is 4.39. The summed E-state index contributed by atoms with van der Waals surface area (Å²) in [6.07, 6.45) is 3.51. The standard InChI is InChI=1S/C12H12O3/c13-11(14)8-1-2-9-10(7-8)15-6-5-12(9)3-4-12/h1-2,7H,3-6H2,(H,13,14). The molecule has 1 aromatic carbocycles. The van der Waals surface area contributed by atoms with Crippen LogP contribution in [0.1, 0.15) is 35.2 Å². The molecule has 1 aliphatic carbocycles. The second-order valence-electron chi connectivity index (χ2n) is 4.39. The lowest BCUT2D eigenvalue weighted by Gasteiger charge is -2.25. The van der Waals surface area contributed by atoms with Gasteiger partial charge in [-0.2, -0.15) is 0 Å². The molecule has 0 atom stereocenters. The van der Waals surface area contributed by atoms with Gasteiger partial charge in [0.25, 0.3) is 0 Å². The van der Waals surface area contributed by atoms with Crippen LogP contribution in [0.15, 0.2) is 18.2 Å². The summed E-state index contributed by atoms with van der Waals surface area (Å²) in [6, 6.07) is 5.25. The fraction of sp³-hybridized carbons (Fsp3) is 0.417. The second kappa shape index (κ2) is 2.75. The third kappa shape index (κ3) is 1.23. The fourth-order valence-electron chi connectivity index (χ4n) is 2.37. The minimum Gasteiger partial charge on any atom is -0.493 e. The fourth-order valence-corrected chi connectivity index (χ4v) is 2.37. The quantitative estimate of drug-likeness (QED) is 0.762. The molecule has 0 amide bonds. The van der Waals surface area contributed by atoms with Gasteiger partial charge in [-0.3, -0.25) is 0 Å². The van der Waals surface area contributed by atoms with Crippen molar-refractivity contribution in [1.29, 1.82) is 0 Å². The molecular formula is C12H12O3. The highest BCUT2D eigenvalue weighted by Crippen LogP contribution is 2.55. The average molecular weight is 204 g/mol. The number of carbonyl (C=O) groups is 1. The van der Waals surface area contributed by atoms with Crippen LogP contribution < -0.4 is 4.74 Å². The Hall–Kier alpha value is -1.51. The van der Waals surface area contributed by atoms with E-state index in [0.29, 0.717) is 11.0 Å². The van der Waals surface area contributed by atoms with Crippen LogP contribution in [-0.2, 0) is 5.41 Å². The Morgan fingerprint density at radius 3 is 2.80 bits per heavy atom. The van der Waals surface area contributed by atoms with Crippen LogP contribution in [0, 0.1) is 0 Å². The van der Waals surface area contributed by atoms with Crippen LogP contribution in [0.4, 0.5) is 0 Å². The van der Waals surface area contributed by atoms with Crippen LogP contribution in [0.25, 0.3) is 0 Å². The summed E-state index contributed by atoms with van der Waals surface area (Å²) in [6.45, 7) is 0.718. The minimum atomic E-state index is -0.892. The van der Waals surface area contributed by atoms with Gasteiger partial charge in [0.2, 0.25) is 0 Å². The smallest absolute Gasteiger partial charge is 0.335 e. The highest BCUT2D eigenvalue weighted by molar-refractivity contribution is 5.88. The number of carboxylic acid groups (broad SMARTS) is 1. The van der Waals surface area contributed by atoms with E-state index in [1.807, 2.05) is 6.07 Å². The molecule has 3 nitrogen and oxygen atoms in total. The Morgan fingerprint density at radius 2 is 2.13 bits per heavy atom. The van der Waals surface area contributed by atoms with E-state index in [-0.39, 0.29) is 0 Å². The van der Waals surface area contributed by atoms with Gasteiger partial charge < -0.3 is 9.84 Å². The molecule has 1 aliphatic heterocycles. The average Bonchev–Trinajstić information content (AvgIpc) is 2.98. The predicted molar refractivity (Wildman–Crippen MR) is 54.4 cm³/mol. The zero-order chi connectivity index (χ0) is 10.5. The van der Waals surface area contributed by atoms with Gasteiger partial charge in [-0.1, -0.05) is 6.07 Å². The maximum Gasteiger partial charge on any atom is 0.335 e. The molecule has 1 N–H and O–H groups in total. The molecule has 0 saturated heterocycles. The van der Waals surface area contributed by atoms with Crippen LogP contribution in [0.5, 0.6) is 5.75 Å². The molecule has 1 fully saturated rings. The van der Waals surface area contributed by atoms with Crippen LogP contribution in [0.3, 0.4) is 0 Å². The normalized spacial score (nSPS) is 20.5. The van der Waals surface area contributed by atoms with Crippen LogP contribution in [0.2, 0.25) is 0 Å². The monoisotopic (exact) mass is 204 g/mol. The van der Waals surface area contributed by atoms with Gasteiger partial charge >= 0.3 is 5.97 Å². The Labute approximate surface area is 87.7 Å². The van der Waals surface area contributed by atoms with Gasteiger partial charge in [0.15, 0.2) is 0 Å². The Kier molecular flexibility index (Phi) is 1.61. The molecular weight excluding hydrogens is 192 g/mol. The topological polar surface area (TPSA) is 46.5 Å². The zero-order valence-electron chi connectivity index (χ0n) is 8.32. The van der Waals surface area contributed by atoms with Gasteiger partial charge in [0.1, 0.15) is 5.75 Å². The first-order valence-corrected chi connectivity index (χ1v) is 5.22. The van der Waals surface area contributed by atoms with Crippen molar-refractivity contribution in [2.75, 3.05) is 6.61 Å². The van der Waals surface area contributed by atoms with E-state index in [1.165, 1.54) is 18.4 Å². The third-order valence-electron chi connectivity index (χ3n) is 3.49. The minimum absolute atomic E-state index is 0.312. The first-order chi connectivity index (χ1) is 7.21. The number of fused-ring (bicyclic) bond motifs is 2. The lowest BCUT2D eigenvalue weighted by molar-refractivity contribution is 0.0696. The van der Waals surface area contributed by atoms with Gasteiger partial charge in [-0.05, 0) is 31.4 Å². The number of benzene rings is 1. The van der Waals surface area contributed by atoms with Gasteiger partial charge in [-0.25, -0.2) is 4.79 Å². The summed E-state index contributed by atoms with van der Waals surface area (Å²) in [5, 5.41) is 8.88. The molecule has 1 spiro atoms. The molecule has 3 heteroatoms. The van der Waals surface area contributed by atoms with Gasteiger partial charge in [0, 0.05) is 11.0 Å². The first-order valence-electron chi connectivity index (χ1n) is 5.22. The number of hydrogen-bond donors (Lipinski definition) is 1. The maximum absolute atomic E-state index is 10.8. The molecule has 15 heavy (non-hydrogen) atoms. The SMILES string of the molecule is O=C(O)c1ccc2c(c1)OCCC21CC1. The molecule has 78 valence electrons. The lowest BCUT2D eigenvalue weighted by atomic mass is 9.89. The Bertz CT molecular complexity index is 432. The third-order valence-corrected chi connectivity index (χ3v) is 3.49. The largest absolute Gasteiger partial charge is 0.493 e. The summed E-state index contributed by atoms with van der Waals surface area (Å²) >= 11 is 0. The van der Waals surface area contributed by atoms with E-state index < -0.39 is 5.97 Å². The number of aromatic carboxylic acids is 1. The molecule has 0 radical (unpaired) electrons. The van der Waals surface area contributed by atoms with Crippen LogP contribution in [-0.4, -0.2) is 17.7 Å². The Balaban J connectivity index is 2.09. The lowest BCUT2D eigenvalue weighted by Crippen LogP contribution is -2.20. The summed E-state index contributed by atoms with van der Waals surface area (Å²) < 4.78 is 5.53. The van der Waals surface area contributed by atoms with Crippen molar-refractivity contribution < 1.29 is 14.6 Å². The molecule has 0 bridgehead atoms. The molecule has 0 unspecified atom stereocenters. The van der Waals surface area contributed by atoms with E-state index in [0.717, 1.165) is 18.8 Å². The van der Waals surface area contributed by atoms with Gasteiger partial charge in [-0.15, -0.1) is 0 Å². The van der Waals surface area contributed by atoms with Crippen molar-refractivity contribution in [1.82, 2.24) is 0 Å². The Morgan fingerprint density at radius 1 is 1.33 bits per heavy atom. The van der Waals surface area contributed by atoms with E-state index in [4.69, 9.17) is 9.84 Å². The molecule has 1 saturated carbocycles. The number of rotatable bonds is 1. The molecule has 0 aromatic heterocycles. The number of hydrogen-bond acceptors (Lipinski definition) is 2. The highest BCUT2D eigenvalue weighted by Gasteiger charge is 2.47. The van der Waals surface area contributed by atoms with E-state index in [2.05, 4.69) is 0 Å². The molecule has 2 aliphatic rings. The van der Waals surface area contributed by atoms with Crippen molar-refractivity contribution >= 4 is 5.97 Å². The van der Waals surface area contributed by atoms with Gasteiger partial charge in [0.05, 0.1) is 12.2 Å². The molecule has 1 aromatic rings. The summed E-state index contributed by atoms with van der Waals surface area (Å²) in [7, 11) is 0. The summed E-state index contributed by atoms with van der Waals surface area (Å²) in [5.41, 5.74) is 1.84. The summed E-state index contributed by atoms with van der Waals surface area (Å²) in [5.74, 6) is -0.115. The summed E-state index contributed by atoms with van der Waals surface area (Å²) in [4.78, 5) is 10.8. The van der Waals surface area contributed by atoms with Crippen molar-refractivity contribution in [2.24, 2.45) is 0 Å². The van der Waals surface area contributed by atoms with E-state index in [9.17, 15) is 4.79 Å². The predicted octanol–water partition coefficient (Wildman–Crippen LogP) is 2.20. The number of ether oxygens (including phenoxy) is 1. The van der Waals surface area contributed by atoms with Crippen molar-refractivity contribution in [3.63, 3.8) is 0 Å². The van der Waals surface area contributed by atoms with E-state index in [1.54, 1.807) is 12.1 Å². The first kappa shape index (κ1) is 8.77. The van der Waals surface area contributed by atoms with E-state index >= 15 is 0 Å². The maximum atomic E-state index is 10.8. The number of carboxylic acids is 1.